The summed E-state index contributed by atoms with van der Waals surface area (Å²) in [5, 5.41) is 9.89. The van der Waals surface area contributed by atoms with Crippen molar-refractivity contribution in [3.63, 3.8) is 0 Å². The molecule has 4 nitrogen and oxygen atoms in total. The Morgan fingerprint density at radius 3 is 2.47 bits per heavy atom. The fraction of sp³-hybridized carbons (Fsp3) is 0.0714. The number of nitrogens with one attached hydrogen (secondary N) is 2. The van der Waals surface area contributed by atoms with Gasteiger partial charge in [-0.1, -0.05) is 29.8 Å². The molecule has 0 atom stereocenters. The molecule has 0 saturated heterocycles. The van der Waals surface area contributed by atoms with Crippen LogP contribution in [-0.2, 0) is 4.79 Å². The molecule has 94 valence electrons. The molecule has 2 amide bonds. The van der Waals surface area contributed by atoms with Crippen molar-refractivity contribution in [3.05, 3.63) is 46.3 Å². The van der Waals surface area contributed by atoms with Crippen LogP contribution in [0.15, 0.2) is 30.3 Å². The number of imide groups is 1. The average Bonchev–Trinajstić information content (AvgIpc) is 2.83. The standard InChI is InChI=1S/C14H10N2O2S/c1-7-2-4-8(5-3-7)10-6-9-12(19-10)11(15)14(18)16-13(9)17/h2-6,15H,1H3,(H,16,17,18). The summed E-state index contributed by atoms with van der Waals surface area (Å²) >= 11 is 1.30. The number of amides is 2. The molecule has 0 saturated carbocycles. The lowest BCUT2D eigenvalue weighted by Crippen LogP contribution is -2.41. The smallest absolute Gasteiger partial charge is 0.277 e. The zero-order valence-electron chi connectivity index (χ0n) is 10.1. The number of carbonyl (C=O) groups is 2. The Morgan fingerprint density at radius 2 is 1.79 bits per heavy atom. The minimum atomic E-state index is -0.630. The summed E-state index contributed by atoms with van der Waals surface area (Å²) in [5.41, 5.74) is 2.41. The van der Waals surface area contributed by atoms with Crippen molar-refractivity contribution in [2.75, 3.05) is 0 Å². The van der Waals surface area contributed by atoms with Crippen LogP contribution in [0.2, 0.25) is 0 Å². The van der Waals surface area contributed by atoms with Gasteiger partial charge in [0.15, 0.2) is 0 Å². The van der Waals surface area contributed by atoms with Crippen molar-refractivity contribution in [1.82, 2.24) is 5.32 Å². The molecule has 5 heteroatoms. The molecule has 2 heterocycles. The molecular formula is C14H10N2O2S. The van der Waals surface area contributed by atoms with Gasteiger partial charge in [-0.3, -0.25) is 20.3 Å². The highest BCUT2D eigenvalue weighted by molar-refractivity contribution is 7.18. The van der Waals surface area contributed by atoms with E-state index in [0.717, 1.165) is 16.0 Å². The van der Waals surface area contributed by atoms with Crippen LogP contribution < -0.4 is 5.32 Å². The molecule has 0 bridgehead atoms. The predicted molar refractivity (Wildman–Crippen MR) is 73.8 cm³/mol. The first-order valence-corrected chi connectivity index (χ1v) is 6.53. The highest BCUT2D eigenvalue weighted by Crippen LogP contribution is 2.33. The molecule has 1 aromatic carbocycles. The van der Waals surface area contributed by atoms with E-state index in [1.54, 1.807) is 6.07 Å². The summed E-state index contributed by atoms with van der Waals surface area (Å²) in [5.74, 6) is -1.06. The van der Waals surface area contributed by atoms with E-state index in [2.05, 4.69) is 5.32 Å². The third-order valence-corrected chi connectivity index (χ3v) is 4.20. The predicted octanol–water partition coefficient (Wildman–Crippen LogP) is 2.36. The van der Waals surface area contributed by atoms with Gasteiger partial charge in [-0.25, -0.2) is 0 Å². The molecule has 0 radical (unpaired) electrons. The fourth-order valence-electron chi connectivity index (χ4n) is 1.94. The third kappa shape index (κ3) is 1.88. The Kier molecular flexibility index (Phi) is 2.57. The zero-order chi connectivity index (χ0) is 13.6. The Hall–Kier alpha value is -2.27. The number of fused-ring (bicyclic) bond motifs is 1. The Balaban J connectivity index is 2.12. The number of rotatable bonds is 1. The van der Waals surface area contributed by atoms with Crippen LogP contribution in [0, 0.1) is 12.3 Å². The van der Waals surface area contributed by atoms with Crippen LogP contribution in [0.4, 0.5) is 0 Å². The summed E-state index contributed by atoms with van der Waals surface area (Å²) in [7, 11) is 0. The second-order valence-electron chi connectivity index (χ2n) is 4.38. The van der Waals surface area contributed by atoms with Crippen molar-refractivity contribution in [3.8, 4) is 10.4 Å². The molecule has 0 fully saturated rings. The van der Waals surface area contributed by atoms with Crippen LogP contribution in [0.1, 0.15) is 20.8 Å². The number of aryl methyl sites for hydroxylation is 1. The Morgan fingerprint density at radius 1 is 1.11 bits per heavy atom. The first-order chi connectivity index (χ1) is 9.06. The highest BCUT2D eigenvalue weighted by atomic mass is 32.1. The number of benzene rings is 1. The summed E-state index contributed by atoms with van der Waals surface area (Å²) in [4.78, 5) is 24.5. The van der Waals surface area contributed by atoms with Gasteiger partial charge in [-0.05, 0) is 18.6 Å². The average molecular weight is 270 g/mol. The van der Waals surface area contributed by atoms with Crippen LogP contribution >= 0.6 is 11.3 Å². The molecule has 1 aromatic heterocycles. The number of carbonyl (C=O) groups excluding carboxylic acids is 2. The molecule has 1 aliphatic heterocycles. The van der Waals surface area contributed by atoms with Gasteiger partial charge in [-0.15, -0.1) is 11.3 Å². The van der Waals surface area contributed by atoms with E-state index in [-0.39, 0.29) is 5.71 Å². The van der Waals surface area contributed by atoms with Crippen molar-refractivity contribution >= 4 is 28.9 Å². The lowest BCUT2D eigenvalue weighted by atomic mass is 10.1. The largest absolute Gasteiger partial charge is 0.294 e. The van der Waals surface area contributed by atoms with Crippen molar-refractivity contribution in [2.45, 2.75) is 6.92 Å². The second-order valence-corrected chi connectivity index (χ2v) is 5.43. The summed E-state index contributed by atoms with van der Waals surface area (Å²) < 4.78 is 0. The minimum Gasteiger partial charge on any atom is -0.294 e. The maximum absolute atomic E-state index is 11.7. The molecule has 2 N–H and O–H groups in total. The minimum absolute atomic E-state index is 0.141. The summed E-state index contributed by atoms with van der Waals surface area (Å²) in [6.07, 6.45) is 0. The van der Waals surface area contributed by atoms with E-state index in [0.29, 0.717) is 10.4 Å². The molecule has 0 spiro atoms. The zero-order valence-corrected chi connectivity index (χ0v) is 10.9. The van der Waals surface area contributed by atoms with E-state index in [4.69, 9.17) is 5.41 Å². The van der Waals surface area contributed by atoms with Gasteiger partial charge in [0.25, 0.3) is 11.8 Å². The quantitative estimate of drug-likeness (QED) is 0.781. The Bertz CT molecular complexity index is 714. The molecule has 2 aromatic rings. The molecule has 19 heavy (non-hydrogen) atoms. The van der Waals surface area contributed by atoms with Crippen LogP contribution in [0.25, 0.3) is 10.4 Å². The first-order valence-electron chi connectivity index (χ1n) is 5.72. The normalized spacial score (nSPS) is 14.3. The van der Waals surface area contributed by atoms with Gasteiger partial charge in [0.05, 0.1) is 10.4 Å². The van der Waals surface area contributed by atoms with E-state index in [9.17, 15) is 9.59 Å². The summed E-state index contributed by atoms with van der Waals surface area (Å²) in [6.45, 7) is 2.00. The van der Waals surface area contributed by atoms with Crippen LogP contribution in [-0.4, -0.2) is 17.5 Å². The van der Waals surface area contributed by atoms with Crippen LogP contribution in [0.3, 0.4) is 0 Å². The topological polar surface area (TPSA) is 70.0 Å². The fourth-order valence-corrected chi connectivity index (χ4v) is 3.05. The maximum atomic E-state index is 11.7. The van der Waals surface area contributed by atoms with Crippen molar-refractivity contribution in [1.29, 1.82) is 5.41 Å². The summed E-state index contributed by atoms with van der Waals surface area (Å²) in [6, 6.07) is 9.65. The first kappa shape index (κ1) is 11.8. The lowest BCUT2D eigenvalue weighted by Gasteiger charge is -2.10. The van der Waals surface area contributed by atoms with Crippen LogP contribution in [0.5, 0.6) is 0 Å². The third-order valence-electron chi connectivity index (χ3n) is 2.99. The van der Waals surface area contributed by atoms with E-state index >= 15 is 0 Å². The number of hydrogen-bond acceptors (Lipinski definition) is 4. The molecule has 0 unspecified atom stereocenters. The molecule has 0 aliphatic carbocycles. The van der Waals surface area contributed by atoms with Crippen molar-refractivity contribution < 1.29 is 9.59 Å². The Labute approximate surface area is 113 Å². The van der Waals surface area contributed by atoms with Gasteiger partial charge in [-0.2, -0.15) is 0 Å². The van der Waals surface area contributed by atoms with E-state index < -0.39 is 11.8 Å². The SMILES string of the molecule is Cc1ccc(-c2cc3c(s2)C(=N)C(=O)NC3=O)cc1. The van der Waals surface area contributed by atoms with Gasteiger partial charge in [0, 0.05) is 4.88 Å². The molecule has 1 aliphatic rings. The number of thiophene rings is 1. The molecular weight excluding hydrogens is 260 g/mol. The van der Waals surface area contributed by atoms with Gasteiger partial charge < -0.3 is 0 Å². The maximum Gasteiger partial charge on any atom is 0.277 e. The monoisotopic (exact) mass is 270 g/mol. The highest BCUT2D eigenvalue weighted by Gasteiger charge is 2.30. The van der Waals surface area contributed by atoms with Crippen molar-refractivity contribution in [2.24, 2.45) is 0 Å². The number of hydrogen-bond donors (Lipinski definition) is 2. The van der Waals surface area contributed by atoms with Gasteiger partial charge in [0.2, 0.25) is 0 Å². The van der Waals surface area contributed by atoms with Gasteiger partial charge >= 0.3 is 0 Å². The van der Waals surface area contributed by atoms with Gasteiger partial charge in [0.1, 0.15) is 5.71 Å². The second kappa shape index (κ2) is 4.13. The van der Waals surface area contributed by atoms with E-state index in [1.165, 1.54) is 11.3 Å². The van der Waals surface area contributed by atoms with E-state index in [1.807, 2.05) is 31.2 Å². The lowest BCUT2D eigenvalue weighted by molar-refractivity contribution is -0.114. The molecule has 3 rings (SSSR count).